The summed E-state index contributed by atoms with van der Waals surface area (Å²) in [5.41, 5.74) is 4.64. The van der Waals surface area contributed by atoms with Gasteiger partial charge in [0.05, 0.1) is 12.8 Å². The Bertz CT molecular complexity index is 1020. The monoisotopic (exact) mass is 421 g/mol. The van der Waals surface area contributed by atoms with E-state index in [9.17, 15) is 9.59 Å². The Labute approximate surface area is 179 Å². The predicted octanol–water partition coefficient (Wildman–Crippen LogP) is 3.80. The summed E-state index contributed by atoms with van der Waals surface area (Å²) in [6.07, 6.45) is 1.51. The lowest BCUT2D eigenvalue weighted by Crippen LogP contribution is -2.34. The first-order chi connectivity index (χ1) is 14.6. The van der Waals surface area contributed by atoms with Crippen molar-refractivity contribution in [3.8, 4) is 5.75 Å². The van der Waals surface area contributed by atoms with Gasteiger partial charge in [-0.2, -0.15) is 5.10 Å². The zero-order valence-corrected chi connectivity index (χ0v) is 16.8. The molecule has 0 aliphatic heterocycles. The van der Waals surface area contributed by atoms with Crippen LogP contribution in [0, 0.1) is 0 Å². The number of carbonyl (C=O) groups excluding carboxylic acids is 2. The van der Waals surface area contributed by atoms with E-state index >= 15 is 0 Å². The lowest BCUT2D eigenvalue weighted by atomic mass is 10.2. The van der Waals surface area contributed by atoms with Crippen LogP contribution in [-0.4, -0.2) is 24.6 Å². The number of hydrogen-bond donors (Lipinski definition) is 2. The number of hydrogen-bond acceptors (Lipinski definition) is 4. The Morgan fingerprint density at radius 3 is 2.47 bits per heavy atom. The summed E-state index contributed by atoms with van der Waals surface area (Å²) in [7, 11) is 0. The van der Waals surface area contributed by atoms with Gasteiger partial charge in [-0.05, 0) is 53.6 Å². The number of hydrazone groups is 1. The molecule has 3 aromatic carbocycles. The van der Waals surface area contributed by atoms with Crippen molar-refractivity contribution in [1.82, 2.24) is 10.7 Å². The minimum atomic E-state index is -0.440. The minimum Gasteiger partial charge on any atom is -0.489 e. The molecule has 0 radical (unpaired) electrons. The Balaban J connectivity index is 1.41. The Morgan fingerprint density at radius 2 is 1.73 bits per heavy atom. The summed E-state index contributed by atoms with van der Waals surface area (Å²) < 4.78 is 5.73. The number of benzene rings is 3. The number of ether oxygens (including phenoxy) is 1. The Kier molecular flexibility index (Phi) is 7.58. The average Bonchev–Trinajstić information content (AvgIpc) is 2.77. The largest absolute Gasteiger partial charge is 0.489 e. The third kappa shape index (κ3) is 6.76. The lowest BCUT2D eigenvalue weighted by molar-refractivity contribution is -0.120. The number of halogens is 1. The molecule has 0 atom stereocenters. The van der Waals surface area contributed by atoms with Crippen molar-refractivity contribution in [3.05, 3.63) is 101 Å². The van der Waals surface area contributed by atoms with Gasteiger partial charge in [-0.1, -0.05) is 48.0 Å². The van der Waals surface area contributed by atoms with Gasteiger partial charge in [-0.25, -0.2) is 5.43 Å². The molecular formula is C23H20ClN3O3. The van der Waals surface area contributed by atoms with Crippen LogP contribution in [0.5, 0.6) is 5.75 Å². The third-order valence-electron chi connectivity index (χ3n) is 4.03. The number of nitrogens with one attached hydrogen (secondary N) is 2. The fourth-order valence-electron chi connectivity index (χ4n) is 2.50. The van der Waals surface area contributed by atoms with E-state index in [-0.39, 0.29) is 12.5 Å². The molecule has 0 saturated heterocycles. The standard InChI is InChI=1S/C23H20ClN3O3/c24-20-8-4-7-19(13-20)23(29)25-15-22(28)27-26-14-17-9-11-21(12-10-17)30-16-18-5-2-1-3-6-18/h1-14H,15-16H2,(H,25,29)(H,27,28)/b26-14+. The van der Waals surface area contributed by atoms with Gasteiger partial charge in [0.25, 0.3) is 11.8 Å². The van der Waals surface area contributed by atoms with Crippen LogP contribution in [-0.2, 0) is 11.4 Å². The molecule has 152 valence electrons. The minimum absolute atomic E-state index is 0.199. The van der Waals surface area contributed by atoms with Crippen LogP contribution in [0.4, 0.5) is 0 Å². The molecule has 2 amide bonds. The molecule has 2 N–H and O–H groups in total. The topological polar surface area (TPSA) is 79.8 Å². The van der Waals surface area contributed by atoms with Gasteiger partial charge in [-0.15, -0.1) is 0 Å². The average molecular weight is 422 g/mol. The summed E-state index contributed by atoms with van der Waals surface area (Å²) in [6, 6.07) is 23.7. The molecule has 0 unspecified atom stereocenters. The second-order valence-electron chi connectivity index (χ2n) is 6.33. The fraction of sp³-hybridized carbons (Fsp3) is 0.0870. The van der Waals surface area contributed by atoms with Gasteiger partial charge in [0, 0.05) is 10.6 Å². The third-order valence-corrected chi connectivity index (χ3v) is 4.26. The fourth-order valence-corrected chi connectivity index (χ4v) is 2.69. The zero-order chi connectivity index (χ0) is 21.2. The van der Waals surface area contributed by atoms with Crippen LogP contribution >= 0.6 is 11.6 Å². The number of amides is 2. The zero-order valence-electron chi connectivity index (χ0n) is 16.0. The molecule has 0 aliphatic carbocycles. The first-order valence-electron chi connectivity index (χ1n) is 9.22. The molecule has 0 aliphatic rings. The molecule has 6 nitrogen and oxygen atoms in total. The van der Waals surface area contributed by atoms with Crippen molar-refractivity contribution in [3.63, 3.8) is 0 Å². The van der Waals surface area contributed by atoms with Crippen LogP contribution in [0.15, 0.2) is 84.0 Å². The Hall–Kier alpha value is -3.64. The van der Waals surface area contributed by atoms with Gasteiger partial charge < -0.3 is 10.1 Å². The van der Waals surface area contributed by atoms with E-state index in [0.717, 1.165) is 16.9 Å². The van der Waals surface area contributed by atoms with Crippen molar-refractivity contribution < 1.29 is 14.3 Å². The second kappa shape index (κ2) is 10.8. The van der Waals surface area contributed by atoms with Crippen molar-refractivity contribution >= 4 is 29.6 Å². The molecule has 0 aromatic heterocycles. The molecular weight excluding hydrogens is 402 g/mol. The lowest BCUT2D eigenvalue weighted by Gasteiger charge is -2.06. The second-order valence-corrected chi connectivity index (χ2v) is 6.77. The molecule has 0 bridgehead atoms. The van der Waals surface area contributed by atoms with E-state index in [4.69, 9.17) is 16.3 Å². The van der Waals surface area contributed by atoms with E-state index in [1.807, 2.05) is 54.6 Å². The quantitative estimate of drug-likeness (QED) is 0.429. The van der Waals surface area contributed by atoms with E-state index in [2.05, 4.69) is 15.8 Å². The van der Waals surface area contributed by atoms with Crippen molar-refractivity contribution in [2.45, 2.75) is 6.61 Å². The van der Waals surface area contributed by atoms with Crippen LogP contribution < -0.4 is 15.5 Å². The molecule has 3 rings (SSSR count). The highest BCUT2D eigenvalue weighted by Gasteiger charge is 2.07. The Morgan fingerprint density at radius 1 is 0.967 bits per heavy atom. The summed E-state index contributed by atoms with van der Waals surface area (Å²) in [5, 5.41) is 6.85. The van der Waals surface area contributed by atoms with E-state index in [1.165, 1.54) is 12.3 Å². The summed E-state index contributed by atoms with van der Waals surface area (Å²) in [4.78, 5) is 23.8. The van der Waals surface area contributed by atoms with E-state index in [0.29, 0.717) is 17.2 Å². The summed E-state index contributed by atoms with van der Waals surface area (Å²) in [5.74, 6) is -0.0871. The van der Waals surface area contributed by atoms with Crippen molar-refractivity contribution in [2.75, 3.05) is 6.54 Å². The van der Waals surface area contributed by atoms with Gasteiger partial charge in [0.15, 0.2) is 0 Å². The van der Waals surface area contributed by atoms with Crippen LogP contribution in [0.1, 0.15) is 21.5 Å². The molecule has 0 saturated carbocycles. The maximum Gasteiger partial charge on any atom is 0.259 e. The van der Waals surface area contributed by atoms with Gasteiger partial charge in [-0.3, -0.25) is 9.59 Å². The maximum absolute atomic E-state index is 12.0. The maximum atomic E-state index is 12.0. The molecule has 0 fully saturated rings. The summed E-state index contributed by atoms with van der Waals surface area (Å²) >= 11 is 5.85. The summed E-state index contributed by atoms with van der Waals surface area (Å²) in [6.45, 7) is 0.292. The highest BCUT2D eigenvalue weighted by atomic mass is 35.5. The van der Waals surface area contributed by atoms with E-state index < -0.39 is 5.91 Å². The number of nitrogens with zero attached hydrogens (tertiary/aromatic N) is 1. The van der Waals surface area contributed by atoms with Crippen molar-refractivity contribution in [1.29, 1.82) is 0 Å². The highest BCUT2D eigenvalue weighted by molar-refractivity contribution is 6.31. The van der Waals surface area contributed by atoms with Gasteiger partial charge in [0.1, 0.15) is 12.4 Å². The molecule has 0 heterocycles. The number of carbonyl (C=O) groups is 2. The van der Waals surface area contributed by atoms with Crippen LogP contribution in [0.3, 0.4) is 0 Å². The normalized spacial score (nSPS) is 10.6. The van der Waals surface area contributed by atoms with E-state index in [1.54, 1.807) is 18.2 Å². The van der Waals surface area contributed by atoms with Crippen molar-refractivity contribution in [2.24, 2.45) is 5.10 Å². The van der Waals surface area contributed by atoms with Gasteiger partial charge in [0.2, 0.25) is 0 Å². The molecule has 3 aromatic rings. The van der Waals surface area contributed by atoms with Gasteiger partial charge >= 0.3 is 0 Å². The van der Waals surface area contributed by atoms with Crippen LogP contribution in [0.25, 0.3) is 0 Å². The highest BCUT2D eigenvalue weighted by Crippen LogP contribution is 2.13. The first-order valence-corrected chi connectivity index (χ1v) is 9.60. The molecule has 7 heteroatoms. The molecule has 30 heavy (non-hydrogen) atoms. The predicted molar refractivity (Wildman–Crippen MR) is 117 cm³/mol. The SMILES string of the molecule is O=C(CNC(=O)c1cccc(Cl)c1)N/N=C/c1ccc(OCc2ccccc2)cc1. The van der Waals surface area contributed by atoms with Crippen LogP contribution in [0.2, 0.25) is 5.02 Å². The smallest absolute Gasteiger partial charge is 0.259 e. The number of rotatable bonds is 8. The first kappa shape index (κ1) is 21.1. The molecule has 0 spiro atoms.